The molecule has 1 aromatic heterocycles. The summed E-state index contributed by atoms with van der Waals surface area (Å²) in [6.45, 7) is 3.76. The first-order valence-corrected chi connectivity index (χ1v) is 8.78. The third-order valence-corrected chi connectivity index (χ3v) is 4.66. The molecule has 1 atom stereocenters. The van der Waals surface area contributed by atoms with E-state index >= 15 is 0 Å². The number of benzene rings is 1. The van der Waals surface area contributed by atoms with Gasteiger partial charge in [0.05, 0.1) is 12.7 Å². The molecule has 1 saturated heterocycles. The summed E-state index contributed by atoms with van der Waals surface area (Å²) in [6.07, 6.45) is 5.99. The maximum Gasteiger partial charge on any atom is 0.255 e. The fraction of sp³-hybridized carbons (Fsp3) is 0.400. The number of ether oxygens (including phenoxy) is 1. The molecule has 1 aliphatic heterocycles. The lowest BCUT2D eigenvalue weighted by Crippen LogP contribution is -2.40. The first kappa shape index (κ1) is 17.4. The highest BCUT2D eigenvalue weighted by molar-refractivity contribution is 5.96. The minimum atomic E-state index is -0.0660. The van der Waals surface area contributed by atoms with Gasteiger partial charge in [0.15, 0.2) is 0 Å². The minimum absolute atomic E-state index is 0.0660. The highest BCUT2D eigenvalue weighted by Gasteiger charge is 2.21. The van der Waals surface area contributed by atoms with Crippen LogP contribution in [0.15, 0.2) is 48.8 Å². The van der Waals surface area contributed by atoms with Gasteiger partial charge < -0.3 is 10.1 Å². The first-order valence-electron chi connectivity index (χ1n) is 8.78. The summed E-state index contributed by atoms with van der Waals surface area (Å²) < 4.78 is 5.27. The number of amides is 1. The van der Waals surface area contributed by atoms with E-state index in [1.807, 2.05) is 30.6 Å². The number of methoxy groups -OCH3 is 1. The van der Waals surface area contributed by atoms with Crippen molar-refractivity contribution in [2.24, 2.45) is 5.92 Å². The molecule has 1 fully saturated rings. The molecule has 0 saturated carbocycles. The van der Waals surface area contributed by atoms with Crippen molar-refractivity contribution in [1.29, 1.82) is 0 Å². The summed E-state index contributed by atoms with van der Waals surface area (Å²) in [6, 6.07) is 11.5. The normalized spacial score (nSPS) is 17.9. The quantitative estimate of drug-likeness (QED) is 0.879. The molecule has 2 heterocycles. The standard InChI is InChI=1S/C20H25N3O2/c1-25-19-7-3-2-6-18(19)20(24)22-13-17-5-4-12-23(15-17)14-16-8-10-21-11-9-16/h2-3,6-11,17H,4-5,12-15H2,1H3,(H,22,24)/t17-/m0/s1. The van der Waals surface area contributed by atoms with Crippen molar-refractivity contribution in [3.8, 4) is 5.75 Å². The number of rotatable bonds is 6. The molecule has 1 aliphatic rings. The summed E-state index contributed by atoms with van der Waals surface area (Å²) >= 11 is 0. The number of nitrogens with zero attached hydrogens (tertiary/aromatic N) is 2. The second-order valence-electron chi connectivity index (χ2n) is 6.51. The Kier molecular flexibility index (Phi) is 6.01. The Bertz CT molecular complexity index is 690. The Labute approximate surface area is 149 Å². The molecule has 0 aliphatic carbocycles. The van der Waals surface area contributed by atoms with Crippen molar-refractivity contribution < 1.29 is 9.53 Å². The van der Waals surface area contributed by atoms with E-state index in [9.17, 15) is 4.79 Å². The zero-order valence-electron chi connectivity index (χ0n) is 14.6. The number of pyridine rings is 1. The Balaban J connectivity index is 1.52. The highest BCUT2D eigenvalue weighted by atomic mass is 16.5. The zero-order chi connectivity index (χ0) is 17.5. The number of carbonyl (C=O) groups excluding carboxylic acids is 1. The summed E-state index contributed by atoms with van der Waals surface area (Å²) in [5, 5.41) is 3.07. The lowest BCUT2D eigenvalue weighted by molar-refractivity contribution is 0.0927. The van der Waals surface area contributed by atoms with E-state index in [2.05, 4.69) is 27.3 Å². The average Bonchev–Trinajstić information content (AvgIpc) is 2.67. The van der Waals surface area contributed by atoms with Gasteiger partial charge in [-0.3, -0.25) is 14.7 Å². The number of piperidine rings is 1. The van der Waals surface area contributed by atoms with E-state index in [0.29, 0.717) is 23.8 Å². The van der Waals surface area contributed by atoms with Gasteiger partial charge in [0.1, 0.15) is 5.75 Å². The predicted octanol–water partition coefficient (Wildman–Crippen LogP) is 2.73. The predicted molar refractivity (Wildman–Crippen MR) is 97.6 cm³/mol. The Morgan fingerprint density at radius 1 is 1.28 bits per heavy atom. The summed E-state index contributed by atoms with van der Waals surface area (Å²) in [5.74, 6) is 1.03. The molecule has 132 valence electrons. The fourth-order valence-corrected chi connectivity index (χ4v) is 3.37. The molecular weight excluding hydrogens is 314 g/mol. The maximum atomic E-state index is 12.4. The van der Waals surface area contributed by atoms with Gasteiger partial charge in [-0.05, 0) is 55.1 Å². The van der Waals surface area contributed by atoms with Crippen molar-refractivity contribution in [2.75, 3.05) is 26.7 Å². The van der Waals surface area contributed by atoms with Crippen LogP contribution < -0.4 is 10.1 Å². The van der Waals surface area contributed by atoms with Crippen LogP contribution in [-0.4, -0.2) is 42.5 Å². The molecule has 25 heavy (non-hydrogen) atoms. The molecule has 0 unspecified atom stereocenters. The fourth-order valence-electron chi connectivity index (χ4n) is 3.37. The van der Waals surface area contributed by atoms with Crippen molar-refractivity contribution in [1.82, 2.24) is 15.2 Å². The van der Waals surface area contributed by atoms with Gasteiger partial charge in [-0.15, -0.1) is 0 Å². The number of para-hydroxylation sites is 1. The zero-order valence-corrected chi connectivity index (χ0v) is 14.6. The molecule has 0 bridgehead atoms. The van der Waals surface area contributed by atoms with Crippen LogP contribution in [-0.2, 0) is 6.54 Å². The summed E-state index contributed by atoms with van der Waals surface area (Å²) in [5.41, 5.74) is 1.88. The first-order chi connectivity index (χ1) is 12.3. The van der Waals surface area contributed by atoms with Crippen LogP contribution in [0.5, 0.6) is 5.75 Å². The molecule has 1 amide bonds. The SMILES string of the molecule is COc1ccccc1C(=O)NC[C@@H]1CCCN(Cc2ccncc2)C1. The molecule has 1 N–H and O–H groups in total. The van der Waals surface area contributed by atoms with E-state index in [1.54, 1.807) is 13.2 Å². The van der Waals surface area contributed by atoms with E-state index in [4.69, 9.17) is 4.74 Å². The molecular formula is C20H25N3O2. The second kappa shape index (κ2) is 8.62. The van der Waals surface area contributed by atoms with E-state index < -0.39 is 0 Å². The molecule has 3 rings (SSSR count). The highest BCUT2D eigenvalue weighted by Crippen LogP contribution is 2.19. The van der Waals surface area contributed by atoms with E-state index in [1.165, 1.54) is 12.0 Å². The Morgan fingerprint density at radius 2 is 2.08 bits per heavy atom. The van der Waals surface area contributed by atoms with E-state index in [0.717, 1.165) is 26.1 Å². The van der Waals surface area contributed by atoms with Gasteiger partial charge in [0, 0.05) is 32.0 Å². The maximum absolute atomic E-state index is 12.4. The van der Waals surface area contributed by atoms with Crippen LogP contribution in [0.1, 0.15) is 28.8 Å². The molecule has 5 heteroatoms. The molecule has 0 radical (unpaired) electrons. The van der Waals surface area contributed by atoms with Crippen molar-refractivity contribution >= 4 is 5.91 Å². The molecule has 5 nitrogen and oxygen atoms in total. The number of hydrogen-bond acceptors (Lipinski definition) is 4. The summed E-state index contributed by atoms with van der Waals surface area (Å²) in [4.78, 5) is 19.0. The third kappa shape index (κ3) is 4.79. The van der Waals surface area contributed by atoms with Crippen LogP contribution in [0.25, 0.3) is 0 Å². The largest absolute Gasteiger partial charge is 0.496 e. The monoisotopic (exact) mass is 339 g/mol. The number of likely N-dealkylation sites (tertiary alicyclic amines) is 1. The lowest BCUT2D eigenvalue weighted by Gasteiger charge is -2.32. The van der Waals surface area contributed by atoms with Crippen LogP contribution in [0.3, 0.4) is 0 Å². The Morgan fingerprint density at radius 3 is 2.88 bits per heavy atom. The molecule has 1 aromatic carbocycles. The van der Waals surface area contributed by atoms with Gasteiger partial charge in [-0.1, -0.05) is 12.1 Å². The Hall–Kier alpha value is -2.40. The molecule has 0 spiro atoms. The van der Waals surface area contributed by atoms with Crippen LogP contribution >= 0.6 is 0 Å². The third-order valence-electron chi connectivity index (χ3n) is 4.66. The lowest BCUT2D eigenvalue weighted by atomic mass is 9.97. The molecule has 2 aromatic rings. The number of hydrogen-bond donors (Lipinski definition) is 1. The van der Waals surface area contributed by atoms with Crippen LogP contribution in [0, 0.1) is 5.92 Å². The number of carbonyl (C=O) groups is 1. The van der Waals surface area contributed by atoms with Crippen molar-refractivity contribution in [2.45, 2.75) is 19.4 Å². The average molecular weight is 339 g/mol. The van der Waals surface area contributed by atoms with Crippen molar-refractivity contribution in [3.63, 3.8) is 0 Å². The smallest absolute Gasteiger partial charge is 0.255 e. The summed E-state index contributed by atoms with van der Waals surface area (Å²) in [7, 11) is 1.59. The number of nitrogens with one attached hydrogen (secondary N) is 1. The number of aromatic nitrogens is 1. The van der Waals surface area contributed by atoms with Gasteiger partial charge in [-0.25, -0.2) is 0 Å². The van der Waals surface area contributed by atoms with E-state index in [-0.39, 0.29) is 5.91 Å². The van der Waals surface area contributed by atoms with Gasteiger partial charge in [0.2, 0.25) is 0 Å². The van der Waals surface area contributed by atoms with Gasteiger partial charge in [0.25, 0.3) is 5.91 Å². The minimum Gasteiger partial charge on any atom is -0.496 e. The van der Waals surface area contributed by atoms with Gasteiger partial charge in [-0.2, -0.15) is 0 Å². The van der Waals surface area contributed by atoms with Gasteiger partial charge >= 0.3 is 0 Å². The second-order valence-corrected chi connectivity index (χ2v) is 6.51. The van der Waals surface area contributed by atoms with Crippen molar-refractivity contribution in [3.05, 3.63) is 59.9 Å². The van der Waals surface area contributed by atoms with Crippen LogP contribution in [0.2, 0.25) is 0 Å². The topological polar surface area (TPSA) is 54.5 Å². The van der Waals surface area contributed by atoms with Crippen LogP contribution in [0.4, 0.5) is 0 Å².